The first-order valence-corrected chi connectivity index (χ1v) is 10.9. The van der Waals surface area contributed by atoms with Crippen LogP contribution in [0.15, 0.2) is 23.4 Å². The molecule has 184 valence electrons. The van der Waals surface area contributed by atoms with Crippen LogP contribution in [0.3, 0.4) is 0 Å². The van der Waals surface area contributed by atoms with Crippen LogP contribution in [0.2, 0.25) is 0 Å². The van der Waals surface area contributed by atoms with E-state index in [-0.39, 0.29) is 42.7 Å². The second-order valence-corrected chi connectivity index (χ2v) is 8.30. The molecule has 0 unspecified atom stereocenters. The minimum absolute atomic E-state index is 0.0332. The van der Waals surface area contributed by atoms with Crippen molar-refractivity contribution < 1.29 is 27.4 Å². The van der Waals surface area contributed by atoms with Crippen LogP contribution < -0.4 is 15.2 Å². The van der Waals surface area contributed by atoms with Gasteiger partial charge in [0.05, 0.1) is 36.0 Å². The van der Waals surface area contributed by atoms with Gasteiger partial charge in [0.25, 0.3) is 5.56 Å². The fourth-order valence-electron chi connectivity index (χ4n) is 3.93. The maximum Gasteiger partial charge on any atom is 0.419 e. The fraction of sp³-hybridized carbons (Fsp3) is 0.571. The van der Waals surface area contributed by atoms with Crippen molar-refractivity contribution in [3.63, 3.8) is 0 Å². The molecule has 1 N–H and O–H groups in total. The lowest BCUT2D eigenvalue weighted by Crippen LogP contribution is -2.49. The molecule has 1 amide bonds. The number of rotatable bonds is 6. The summed E-state index contributed by atoms with van der Waals surface area (Å²) in [5.74, 6) is 0.587. The molecule has 4 heterocycles. The first kappa shape index (κ1) is 23.9. The molecule has 2 aliphatic rings. The van der Waals surface area contributed by atoms with Gasteiger partial charge in [-0.25, -0.2) is 15.1 Å². The summed E-state index contributed by atoms with van der Waals surface area (Å²) in [4.78, 5) is 35.4. The number of H-pyrrole nitrogens is 1. The van der Waals surface area contributed by atoms with Crippen LogP contribution in [-0.4, -0.2) is 76.0 Å². The van der Waals surface area contributed by atoms with Crippen LogP contribution >= 0.6 is 0 Å². The number of halogens is 3. The maximum absolute atomic E-state index is 12.7. The summed E-state index contributed by atoms with van der Waals surface area (Å²) in [5.41, 5.74) is -0.756. The number of alkyl halides is 3. The third kappa shape index (κ3) is 5.64. The van der Waals surface area contributed by atoms with Crippen LogP contribution in [0.4, 0.5) is 19.1 Å². The molecule has 2 aromatic rings. The van der Waals surface area contributed by atoms with Crippen molar-refractivity contribution >= 4 is 11.9 Å². The Bertz CT molecular complexity index is 1050. The van der Waals surface area contributed by atoms with E-state index in [0.29, 0.717) is 37.5 Å². The zero-order valence-electron chi connectivity index (χ0n) is 18.5. The van der Waals surface area contributed by atoms with Crippen LogP contribution in [0, 0.1) is 6.92 Å². The molecule has 13 heteroatoms. The highest BCUT2D eigenvalue weighted by Crippen LogP contribution is 2.28. The third-order valence-corrected chi connectivity index (χ3v) is 5.96. The Balaban J connectivity index is 1.21. The lowest BCUT2D eigenvalue weighted by Gasteiger charge is -2.35. The number of carbonyl (C=O) groups excluding carboxylic acids is 1. The monoisotopic (exact) mass is 482 g/mol. The van der Waals surface area contributed by atoms with E-state index < -0.39 is 11.7 Å². The fourth-order valence-corrected chi connectivity index (χ4v) is 3.93. The molecule has 0 spiro atoms. The van der Waals surface area contributed by atoms with Crippen LogP contribution in [0.5, 0.6) is 5.75 Å². The summed E-state index contributed by atoms with van der Waals surface area (Å²) < 4.78 is 49.6. The number of piperazine rings is 1. The number of carbonyl (C=O) groups is 1. The van der Waals surface area contributed by atoms with Gasteiger partial charge in [0, 0.05) is 38.6 Å². The highest BCUT2D eigenvalue weighted by atomic mass is 19.4. The summed E-state index contributed by atoms with van der Waals surface area (Å²) in [6, 6.07) is 0. The molecule has 2 aliphatic heterocycles. The van der Waals surface area contributed by atoms with E-state index in [2.05, 4.69) is 20.2 Å². The van der Waals surface area contributed by atoms with E-state index in [9.17, 15) is 22.8 Å². The average molecular weight is 482 g/mol. The predicted octanol–water partition coefficient (Wildman–Crippen LogP) is 1.55. The van der Waals surface area contributed by atoms with E-state index in [0.717, 1.165) is 25.2 Å². The van der Waals surface area contributed by atoms with Gasteiger partial charge in [-0.3, -0.25) is 9.59 Å². The number of aromatic amines is 1. The minimum atomic E-state index is -4.48. The Hall–Kier alpha value is -3.22. The Morgan fingerprint density at radius 2 is 1.82 bits per heavy atom. The summed E-state index contributed by atoms with van der Waals surface area (Å²) in [5, 5.41) is 6.06. The molecule has 2 fully saturated rings. The van der Waals surface area contributed by atoms with Gasteiger partial charge in [-0.15, -0.1) is 0 Å². The van der Waals surface area contributed by atoms with E-state index in [1.54, 1.807) is 16.7 Å². The normalized spacial score (nSPS) is 21.1. The molecule has 10 nitrogen and oxygen atoms in total. The van der Waals surface area contributed by atoms with Gasteiger partial charge in [-0.2, -0.15) is 18.3 Å². The number of hydrogen-bond acceptors (Lipinski definition) is 8. The van der Waals surface area contributed by atoms with Crippen LogP contribution in [-0.2, 0) is 15.7 Å². The maximum atomic E-state index is 12.7. The van der Waals surface area contributed by atoms with Gasteiger partial charge >= 0.3 is 6.18 Å². The van der Waals surface area contributed by atoms with Gasteiger partial charge in [0.15, 0.2) is 0 Å². The highest BCUT2D eigenvalue weighted by molar-refractivity contribution is 5.77. The standard InChI is InChI=1S/C21H25F3N6O4/c1-13-17(11-27-28-19(13)32)33-12-16-3-2-15(34-16)8-18(31)29-4-6-30(7-5-29)20-25-9-14(10-26-20)21(22,23)24/h9-11,15-16H,2-8,12H2,1H3,(H,28,32)/t15-,16+/m1/s1. The molecule has 0 saturated carbocycles. The number of hydrogen-bond donors (Lipinski definition) is 1. The number of ether oxygens (including phenoxy) is 2. The van der Waals surface area contributed by atoms with Gasteiger partial charge in [-0.1, -0.05) is 0 Å². The minimum Gasteiger partial charge on any atom is -0.489 e. The molecule has 2 aromatic heterocycles. The second-order valence-electron chi connectivity index (χ2n) is 8.30. The van der Waals surface area contributed by atoms with E-state index >= 15 is 0 Å². The topological polar surface area (TPSA) is 114 Å². The zero-order valence-corrected chi connectivity index (χ0v) is 18.5. The Kier molecular flexibility index (Phi) is 7.00. The van der Waals surface area contributed by atoms with Crippen molar-refractivity contribution in [2.24, 2.45) is 0 Å². The van der Waals surface area contributed by atoms with Crippen LogP contribution in [0.1, 0.15) is 30.4 Å². The average Bonchev–Trinajstić information content (AvgIpc) is 3.27. The van der Waals surface area contributed by atoms with Crippen molar-refractivity contribution in [1.29, 1.82) is 0 Å². The Morgan fingerprint density at radius 1 is 1.15 bits per heavy atom. The lowest BCUT2D eigenvalue weighted by molar-refractivity contribution is -0.138. The zero-order chi connectivity index (χ0) is 24.3. The number of anilines is 1. The largest absolute Gasteiger partial charge is 0.489 e. The second kappa shape index (κ2) is 9.95. The lowest BCUT2D eigenvalue weighted by atomic mass is 10.1. The molecule has 0 bridgehead atoms. The smallest absolute Gasteiger partial charge is 0.419 e. The number of nitrogens with zero attached hydrogens (tertiary/aromatic N) is 5. The van der Waals surface area contributed by atoms with Gasteiger partial charge in [-0.05, 0) is 19.8 Å². The van der Waals surface area contributed by atoms with Crippen molar-refractivity contribution in [3.05, 3.63) is 40.1 Å². The number of nitrogens with one attached hydrogen (secondary N) is 1. The number of amides is 1. The van der Waals surface area contributed by atoms with Crippen LogP contribution in [0.25, 0.3) is 0 Å². The Morgan fingerprint density at radius 3 is 2.50 bits per heavy atom. The highest BCUT2D eigenvalue weighted by Gasteiger charge is 2.33. The summed E-state index contributed by atoms with van der Waals surface area (Å²) in [7, 11) is 0. The Labute approximate surface area is 193 Å². The van der Waals surface area contributed by atoms with E-state index in [1.807, 2.05) is 0 Å². The molecule has 34 heavy (non-hydrogen) atoms. The van der Waals surface area contributed by atoms with Gasteiger partial charge < -0.3 is 19.3 Å². The summed E-state index contributed by atoms with van der Waals surface area (Å²) in [6.45, 7) is 3.64. The van der Waals surface area contributed by atoms with Gasteiger partial charge in [0.2, 0.25) is 11.9 Å². The van der Waals surface area contributed by atoms with E-state index in [1.165, 1.54) is 6.20 Å². The summed E-state index contributed by atoms with van der Waals surface area (Å²) in [6.07, 6.45) is -0.162. The molecule has 0 radical (unpaired) electrons. The molecular formula is C21H25F3N6O4. The predicted molar refractivity (Wildman–Crippen MR) is 113 cm³/mol. The SMILES string of the molecule is Cc1c(OC[C@@H]2CC[C@H](CC(=O)N3CCN(c4ncc(C(F)(F)F)cn4)CC3)O2)cn[nH]c1=O. The molecule has 4 rings (SSSR count). The molecule has 0 aliphatic carbocycles. The van der Waals surface area contributed by atoms with Crippen molar-refractivity contribution in [2.45, 2.75) is 44.6 Å². The van der Waals surface area contributed by atoms with Gasteiger partial charge in [0.1, 0.15) is 12.4 Å². The quantitative estimate of drug-likeness (QED) is 0.660. The molecule has 2 atom stereocenters. The molecular weight excluding hydrogens is 457 g/mol. The molecule has 0 aromatic carbocycles. The first-order chi connectivity index (χ1) is 16.2. The summed E-state index contributed by atoms with van der Waals surface area (Å²) >= 11 is 0. The number of aromatic nitrogens is 4. The molecule has 2 saturated heterocycles. The van der Waals surface area contributed by atoms with Crippen molar-refractivity contribution in [2.75, 3.05) is 37.7 Å². The first-order valence-electron chi connectivity index (χ1n) is 10.9. The van der Waals surface area contributed by atoms with Crippen molar-refractivity contribution in [3.8, 4) is 5.75 Å². The van der Waals surface area contributed by atoms with E-state index in [4.69, 9.17) is 9.47 Å². The third-order valence-electron chi connectivity index (χ3n) is 5.96. The van der Waals surface area contributed by atoms with Crippen molar-refractivity contribution in [1.82, 2.24) is 25.1 Å².